The third kappa shape index (κ3) is 1.62. The minimum Gasteiger partial charge on any atom is -0.383 e. The molecular formula is C14H17N3. The molecule has 0 saturated heterocycles. The molecule has 1 atom stereocenters. The summed E-state index contributed by atoms with van der Waals surface area (Å²) in [5.74, 6) is 1.96. The third-order valence-corrected chi connectivity index (χ3v) is 3.53. The lowest BCUT2D eigenvalue weighted by molar-refractivity contribution is 0.430. The van der Waals surface area contributed by atoms with Crippen LogP contribution in [0.2, 0.25) is 0 Å². The zero-order chi connectivity index (χ0) is 11.8. The summed E-state index contributed by atoms with van der Waals surface area (Å²) in [7, 11) is 0. The Hall–Kier alpha value is -1.77. The molecule has 3 rings (SSSR count). The van der Waals surface area contributed by atoms with Crippen molar-refractivity contribution in [3.63, 3.8) is 0 Å². The summed E-state index contributed by atoms with van der Waals surface area (Å²) in [6.07, 6.45) is 3.45. The smallest absolute Gasteiger partial charge is 0.131 e. The molecule has 1 aromatic heterocycles. The first-order valence-corrected chi connectivity index (χ1v) is 6.19. The van der Waals surface area contributed by atoms with Crippen molar-refractivity contribution in [3.05, 3.63) is 36.2 Å². The van der Waals surface area contributed by atoms with Crippen molar-refractivity contribution in [2.24, 2.45) is 0 Å². The number of aryl methyl sites for hydroxylation is 1. The lowest BCUT2D eigenvalue weighted by Crippen LogP contribution is -2.16. The molecule has 3 heteroatoms. The summed E-state index contributed by atoms with van der Waals surface area (Å²) >= 11 is 0. The third-order valence-electron chi connectivity index (χ3n) is 3.53. The van der Waals surface area contributed by atoms with Crippen LogP contribution in [0.15, 0.2) is 30.3 Å². The number of nitrogen functional groups attached to an aromatic ring is 1. The second-order valence-electron chi connectivity index (χ2n) is 4.74. The van der Waals surface area contributed by atoms with E-state index < -0.39 is 0 Å². The normalized spacial score (nSPS) is 19.0. The fourth-order valence-electron chi connectivity index (χ4n) is 2.65. The number of imidazole rings is 1. The number of benzene rings is 1. The monoisotopic (exact) mass is 227 g/mol. The largest absolute Gasteiger partial charge is 0.383 e. The van der Waals surface area contributed by atoms with E-state index in [0.29, 0.717) is 6.04 Å². The first-order valence-electron chi connectivity index (χ1n) is 6.19. The SMILES string of the molecule is CC1CCCc2nc(-c3ccccc3)c(N)n21. The van der Waals surface area contributed by atoms with Crippen LogP contribution in [0.25, 0.3) is 11.3 Å². The van der Waals surface area contributed by atoms with Gasteiger partial charge >= 0.3 is 0 Å². The molecule has 0 fully saturated rings. The molecule has 2 N–H and O–H groups in total. The number of hydrogen-bond acceptors (Lipinski definition) is 2. The van der Waals surface area contributed by atoms with Crippen molar-refractivity contribution in [2.45, 2.75) is 32.2 Å². The molecule has 88 valence electrons. The van der Waals surface area contributed by atoms with Crippen LogP contribution in [0, 0.1) is 0 Å². The van der Waals surface area contributed by atoms with Gasteiger partial charge in [-0.15, -0.1) is 0 Å². The standard InChI is InChI=1S/C14H17N3/c1-10-6-5-9-12-16-13(14(15)17(10)12)11-7-3-2-4-8-11/h2-4,7-8,10H,5-6,9,15H2,1H3. The lowest BCUT2D eigenvalue weighted by atomic mass is 10.1. The van der Waals surface area contributed by atoms with E-state index in [0.717, 1.165) is 29.3 Å². The van der Waals surface area contributed by atoms with Gasteiger partial charge in [0.2, 0.25) is 0 Å². The van der Waals surface area contributed by atoms with Crippen LogP contribution in [-0.4, -0.2) is 9.55 Å². The van der Waals surface area contributed by atoms with Crippen LogP contribution < -0.4 is 5.73 Å². The fraction of sp³-hybridized carbons (Fsp3) is 0.357. The molecule has 1 aromatic carbocycles. The van der Waals surface area contributed by atoms with Crippen LogP contribution in [0.4, 0.5) is 5.82 Å². The summed E-state index contributed by atoms with van der Waals surface area (Å²) in [5, 5.41) is 0. The minimum absolute atomic E-state index is 0.476. The minimum atomic E-state index is 0.476. The maximum Gasteiger partial charge on any atom is 0.131 e. The number of hydrogen-bond donors (Lipinski definition) is 1. The van der Waals surface area contributed by atoms with Crippen molar-refractivity contribution in [2.75, 3.05) is 5.73 Å². The van der Waals surface area contributed by atoms with Crippen molar-refractivity contribution < 1.29 is 0 Å². The van der Waals surface area contributed by atoms with Gasteiger partial charge in [0.25, 0.3) is 0 Å². The van der Waals surface area contributed by atoms with E-state index >= 15 is 0 Å². The highest BCUT2D eigenvalue weighted by Crippen LogP contribution is 2.33. The van der Waals surface area contributed by atoms with Crippen LogP contribution in [-0.2, 0) is 6.42 Å². The van der Waals surface area contributed by atoms with Crippen molar-refractivity contribution >= 4 is 5.82 Å². The Morgan fingerprint density at radius 2 is 2.06 bits per heavy atom. The van der Waals surface area contributed by atoms with Gasteiger partial charge in [-0.05, 0) is 19.8 Å². The molecule has 0 spiro atoms. The number of aromatic nitrogens is 2. The van der Waals surface area contributed by atoms with Crippen LogP contribution >= 0.6 is 0 Å². The Labute approximate surface area is 101 Å². The average molecular weight is 227 g/mol. The Kier molecular flexibility index (Phi) is 2.39. The van der Waals surface area contributed by atoms with Crippen molar-refractivity contribution in [3.8, 4) is 11.3 Å². The zero-order valence-corrected chi connectivity index (χ0v) is 10.1. The molecule has 1 aliphatic rings. The van der Waals surface area contributed by atoms with E-state index in [4.69, 9.17) is 10.7 Å². The van der Waals surface area contributed by atoms with Gasteiger partial charge in [0.15, 0.2) is 0 Å². The van der Waals surface area contributed by atoms with Crippen molar-refractivity contribution in [1.82, 2.24) is 9.55 Å². The summed E-state index contributed by atoms with van der Waals surface area (Å²) in [5.41, 5.74) is 8.30. The van der Waals surface area contributed by atoms with Gasteiger partial charge in [-0.1, -0.05) is 30.3 Å². The van der Waals surface area contributed by atoms with E-state index in [1.165, 1.54) is 12.8 Å². The lowest BCUT2D eigenvalue weighted by Gasteiger charge is -2.22. The van der Waals surface area contributed by atoms with Gasteiger partial charge in [0.05, 0.1) is 0 Å². The molecule has 17 heavy (non-hydrogen) atoms. The molecule has 3 nitrogen and oxygen atoms in total. The topological polar surface area (TPSA) is 43.8 Å². The molecule has 2 heterocycles. The van der Waals surface area contributed by atoms with E-state index in [1.54, 1.807) is 0 Å². The van der Waals surface area contributed by atoms with Crippen LogP contribution in [0.1, 0.15) is 31.6 Å². The van der Waals surface area contributed by atoms with Gasteiger partial charge in [-0.25, -0.2) is 4.98 Å². The molecule has 2 aromatic rings. The Bertz CT molecular complexity index is 528. The van der Waals surface area contributed by atoms with E-state index in [1.807, 2.05) is 18.2 Å². The van der Waals surface area contributed by atoms with E-state index in [9.17, 15) is 0 Å². The van der Waals surface area contributed by atoms with Gasteiger partial charge in [0.1, 0.15) is 17.3 Å². The fourth-order valence-corrected chi connectivity index (χ4v) is 2.65. The molecule has 0 bridgehead atoms. The highest BCUT2D eigenvalue weighted by molar-refractivity contribution is 5.71. The second-order valence-corrected chi connectivity index (χ2v) is 4.74. The molecule has 0 radical (unpaired) electrons. The van der Waals surface area contributed by atoms with E-state index in [2.05, 4.69) is 23.6 Å². The Morgan fingerprint density at radius 1 is 1.29 bits per heavy atom. The number of fused-ring (bicyclic) bond motifs is 1. The van der Waals surface area contributed by atoms with Gasteiger partial charge in [-0.3, -0.25) is 0 Å². The Morgan fingerprint density at radius 3 is 2.76 bits per heavy atom. The Balaban J connectivity index is 2.14. The number of nitrogens with zero attached hydrogens (tertiary/aromatic N) is 2. The number of rotatable bonds is 1. The number of anilines is 1. The molecule has 0 saturated carbocycles. The highest BCUT2D eigenvalue weighted by Gasteiger charge is 2.22. The second kappa shape index (κ2) is 3.91. The van der Waals surface area contributed by atoms with E-state index in [-0.39, 0.29) is 0 Å². The summed E-state index contributed by atoms with van der Waals surface area (Å²) in [6, 6.07) is 10.7. The molecule has 1 aliphatic heterocycles. The molecular weight excluding hydrogens is 210 g/mol. The predicted octanol–water partition coefficient (Wildman–Crippen LogP) is 3.03. The van der Waals surface area contributed by atoms with Gasteiger partial charge in [-0.2, -0.15) is 0 Å². The molecule has 0 amide bonds. The molecule has 0 aliphatic carbocycles. The summed E-state index contributed by atoms with van der Waals surface area (Å²) < 4.78 is 2.20. The van der Waals surface area contributed by atoms with Crippen LogP contribution in [0.3, 0.4) is 0 Å². The first-order chi connectivity index (χ1) is 8.27. The summed E-state index contributed by atoms with van der Waals surface area (Å²) in [4.78, 5) is 4.71. The predicted molar refractivity (Wildman–Crippen MR) is 69.7 cm³/mol. The highest BCUT2D eigenvalue weighted by atomic mass is 15.2. The van der Waals surface area contributed by atoms with Crippen LogP contribution in [0.5, 0.6) is 0 Å². The maximum atomic E-state index is 6.25. The van der Waals surface area contributed by atoms with Gasteiger partial charge < -0.3 is 10.3 Å². The maximum absolute atomic E-state index is 6.25. The zero-order valence-electron chi connectivity index (χ0n) is 10.1. The molecule has 1 unspecified atom stereocenters. The van der Waals surface area contributed by atoms with Crippen molar-refractivity contribution in [1.29, 1.82) is 0 Å². The number of nitrogens with two attached hydrogens (primary N) is 1. The average Bonchev–Trinajstić information content (AvgIpc) is 2.69. The first kappa shape index (κ1) is 10.4. The summed E-state index contributed by atoms with van der Waals surface area (Å²) in [6.45, 7) is 2.22. The quantitative estimate of drug-likeness (QED) is 0.813. The van der Waals surface area contributed by atoms with Gasteiger partial charge in [0, 0.05) is 18.0 Å².